The second-order valence-corrected chi connectivity index (χ2v) is 12.6. The topological polar surface area (TPSA) is 93.4 Å². The summed E-state index contributed by atoms with van der Waals surface area (Å²) < 4.78 is 9.01. The van der Waals surface area contributed by atoms with Gasteiger partial charge in [0.05, 0.1) is 18.0 Å². The molecule has 0 fully saturated rings. The average molecular weight is 692 g/mol. The van der Waals surface area contributed by atoms with Crippen LogP contribution < -0.4 is 15.5 Å². The normalized spacial score (nSPS) is 11.9. The summed E-state index contributed by atoms with van der Waals surface area (Å²) in [7, 11) is 0. The smallest absolute Gasteiger partial charge is 0.253 e. The van der Waals surface area contributed by atoms with Gasteiger partial charge in [-0.3, -0.25) is 9.36 Å². The van der Waals surface area contributed by atoms with Crippen molar-refractivity contribution in [3.05, 3.63) is 143 Å². The van der Waals surface area contributed by atoms with Crippen LogP contribution in [0.25, 0.3) is 16.5 Å². The van der Waals surface area contributed by atoms with E-state index in [0.717, 1.165) is 43.6 Å². The van der Waals surface area contributed by atoms with Crippen molar-refractivity contribution >= 4 is 56.3 Å². The van der Waals surface area contributed by atoms with Gasteiger partial charge in [-0.25, -0.2) is 5.43 Å². The number of hydrazone groups is 1. The number of nitrogens with one attached hydrogen (secondary N) is 2. The first-order valence-electron chi connectivity index (χ1n) is 14.7. The zero-order valence-corrected chi connectivity index (χ0v) is 27.4. The van der Waals surface area contributed by atoms with Crippen LogP contribution in [0.4, 0.5) is 5.69 Å². The van der Waals surface area contributed by atoms with Crippen molar-refractivity contribution in [3.8, 4) is 11.4 Å². The molecule has 1 amide bonds. The highest BCUT2D eigenvalue weighted by Gasteiger charge is 2.21. The number of aromatic nitrogens is 3. The Labute approximate surface area is 280 Å². The lowest BCUT2D eigenvalue weighted by Crippen LogP contribution is -2.27. The minimum atomic E-state index is -0.495. The molecule has 0 aliphatic rings. The molecule has 0 aliphatic carbocycles. The van der Waals surface area contributed by atoms with E-state index in [0.29, 0.717) is 24.1 Å². The number of fused-ring (bicyclic) bond motifs is 1. The van der Waals surface area contributed by atoms with E-state index in [1.807, 2.05) is 109 Å². The van der Waals surface area contributed by atoms with E-state index >= 15 is 0 Å². The van der Waals surface area contributed by atoms with Crippen molar-refractivity contribution in [2.24, 2.45) is 5.10 Å². The van der Waals surface area contributed by atoms with Crippen LogP contribution in [0.1, 0.15) is 23.9 Å². The van der Waals surface area contributed by atoms with Crippen molar-refractivity contribution in [1.29, 1.82) is 0 Å². The second kappa shape index (κ2) is 14.9. The maximum atomic E-state index is 13.1. The molecule has 6 rings (SSSR count). The molecule has 0 aliphatic heterocycles. The fourth-order valence-corrected chi connectivity index (χ4v) is 6.18. The lowest BCUT2D eigenvalue weighted by molar-refractivity contribution is -0.120. The van der Waals surface area contributed by atoms with Crippen LogP contribution >= 0.6 is 27.7 Å². The van der Waals surface area contributed by atoms with Crippen molar-refractivity contribution in [2.45, 2.75) is 30.5 Å². The zero-order valence-electron chi connectivity index (χ0n) is 25.0. The van der Waals surface area contributed by atoms with Crippen LogP contribution in [0, 0.1) is 0 Å². The van der Waals surface area contributed by atoms with Crippen molar-refractivity contribution in [3.63, 3.8) is 0 Å². The summed E-state index contributed by atoms with van der Waals surface area (Å²) in [5.41, 5.74) is 6.39. The minimum absolute atomic E-state index is 0.258. The summed E-state index contributed by atoms with van der Waals surface area (Å²) in [5.74, 6) is 1.14. The first-order valence-corrected chi connectivity index (χ1v) is 16.4. The molecule has 1 aromatic heterocycles. The molecule has 0 radical (unpaired) electrons. The van der Waals surface area contributed by atoms with Gasteiger partial charge in [0.2, 0.25) is 0 Å². The Morgan fingerprint density at radius 3 is 2.57 bits per heavy atom. The number of nitrogens with zero attached hydrogens (tertiary/aromatic N) is 4. The molecule has 0 saturated heterocycles. The quantitative estimate of drug-likeness (QED) is 0.0768. The van der Waals surface area contributed by atoms with Gasteiger partial charge in [-0.2, -0.15) is 5.10 Å². The summed E-state index contributed by atoms with van der Waals surface area (Å²) >= 11 is 4.81. The predicted molar refractivity (Wildman–Crippen MR) is 189 cm³/mol. The fraction of sp³-hybridized carbons (Fsp3) is 0.111. The van der Waals surface area contributed by atoms with Crippen molar-refractivity contribution < 1.29 is 9.53 Å². The SMILES string of the molecule is C[C@H](Sc1nnc(CNc2cccc3ccccc23)n1-c1ccccc1)C(=O)N/N=C\c1ccccc1OCc1cccc(Br)c1. The molecule has 10 heteroatoms. The van der Waals surface area contributed by atoms with E-state index in [4.69, 9.17) is 4.74 Å². The first-order chi connectivity index (χ1) is 22.5. The van der Waals surface area contributed by atoms with Gasteiger partial charge >= 0.3 is 0 Å². The number of ether oxygens (including phenoxy) is 1. The highest BCUT2D eigenvalue weighted by Crippen LogP contribution is 2.28. The molecule has 46 heavy (non-hydrogen) atoms. The Morgan fingerprint density at radius 2 is 1.70 bits per heavy atom. The fourth-order valence-electron chi connectivity index (χ4n) is 4.86. The van der Waals surface area contributed by atoms with Gasteiger partial charge in [0.1, 0.15) is 12.4 Å². The molecular weight excluding hydrogens is 660 g/mol. The van der Waals surface area contributed by atoms with Crippen LogP contribution in [0.5, 0.6) is 5.75 Å². The molecular formula is C36H31BrN6O2S. The number of hydrogen-bond donors (Lipinski definition) is 2. The third-order valence-electron chi connectivity index (χ3n) is 7.17. The lowest BCUT2D eigenvalue weighted by Gasteiger charge is -2.14. The summed E-state index contributed by atoms with van der Waals surface area (Å²) in [4.78, 5) is 13.1. The molecule has 230 valence electrons. The number of benzene rings is 5. The third kappa shape index (κ3) is 7.64. The molecule has 6 aromatic rings. The van der Waals surface area contributed by atoms with Crippen molar-refractivity contribution in [1.82, 2.24) is 20.2 Å². The highest BCUT2D eigenvalue weighted by molar-refractivity contribution is 9.10. The Morgan fingerprint density at radius 1 is 0.935 bits per heavy atom. The minimum Gasteiger partial charge on any atom is -0.488 e. The molecule has 5 aromatic carbocycles. The number of hydrogen-bond acceptors (Lipinski definition) is 7. The third-order valence-corrected chi connectivity index (χ3v) is 8.71. The highest BCUT2D eigenvalue weighted by atomic mass is 79.9. The number of anilines is 1. The molecule has 0 spiro atoms. The van der Waals surface area contributed by atoms with E-state index in [1.165, 1.54) is 11.8 Å². The van der Waals surface area contributed by atoms with Crippen molar-refractivity contribution in [2.75, 3.05) is 5.32 Å². The summed E-state index contributed by atoms with van der Waals surface area (Å²) in [6.45, 7) is 2.68. The van der Waals surface area contributed by atoms with E-state index in [9.17, 15) is 4.79 Å². The van der Waals surface area contributed by atoms with Gasteiger partial charge in [0.25, 0.3) is 5.91 Å². The maximum Gasteiger partial charge on any atom is 0.253 e. The summed E-state index contributed by atoms with van der Waals surface area (Å²) in [6.07, 6.45) is 1.59. The number of halogens is 1. The molecule has 0 unspecified atom stereocenters. The monoisotopic (exact) mass is 690 g/mol. The Bertz CT molecular complexity index is 1980. The predicted octanol–water partition coefficient (Wildman–Crippen LogP) is 8.01. The van der Waals surface area contributed by atoms with Crippen LogP contribution in [-0.2, 0) is 17.9 Å². The lowest BCUT2D eigenvalue weighted by atomic mass is 10.1. The number of carbonyl (C=O) groups is 1. The largest absolute Gasteiger partial charge is 0.488 e. The van der Waals surface area contributed by atoms with Gasteiger partial charge in [-0.05, 0) is 60.3 Å². The Hall–Kier alpha value is -4.93. The second-order valence-electron chi connectivity index (χ2n) is 10.4. The molecule has 8 nitrogen and oxygen atoms in total. The number of amides is 1. The van der Waals surface area contributed by atoms with Gasteiger partial charge in [0.15, 0.2) is 11.0 Å². The molecule has 0 saturated carbocycles. The molecule has 1 atom stereocenters. The van der Waals surface area contributed by atoms with E-state index < -0.39 is 5.25 Å². The Balaban J connectivity index is 1.13. The molecule has 2 N–H and O–H groups in total. The average Bonchev–Trinajstić information content (AvgIpc) is 3.49. The summed E-state index contributed by atoms with van der Waals surface area (Å²) in [5, 5.41) is 19.2. The Kier molecular flexibility index (Phi) is 10.1. The van der Waals surface area contributed by atoms with Gasteiger partial charge in [0, 0.05) is 26.8 Å². The van der Waals surface area contributed by atoms with Crippen LogP contribution in [-0.4, -0.2) is 32.1 Å². The number of para-hydroxylation sites is 2. The van der Waals surface area contributed by atoms with Crippen LogP contribution in [0.2, 0.25) is 0 Å². The number of thioether (sulfide) groups is 1. The molecule has 0 bridgehead atoms. The zero-order chi connectivity index (χ0) is 31.7. The van der Waals surface area contributed by atoms with E-state index in [2.05, 4.69) is 66.2 Å². The summed E-state index contributed by atoms with van der Waals surface area (Å²) in [6, 6.07) is 39.9. The van der Waals surface area contributed by atoms with E-state index in [-0.39, 0.29) is 5.91 Å². The number of carbonyl (C=O) groups excluding carboxylic acids is 1. The van der Waals surface area contributed by atoms with Gasteiger partial charge < -0.3 is 10.1 Å². The van der Waals surface area contributed by atoms with Crippen LogP contribution in [0.15, 0.2) is 136 Å². The van der Waals surface area contributed by atoms with E-state index in [1.54, 1.807) is 6.21 Å². The molecule has 1 heterocycles. The van der Waals surface area contributed by atoms with Crippen LogP contribution in [0.3, 0.4) is 0 Å². The maximum absolute atomic E-state index is 13.1. The standard InChI is InChI=1S/C36H31BrN6O2S/c1-25(35(44)41-39-22-28-13-6-8-20-33(28)45-24-26-11-9-15-29(37)21-26)46-36-42-40-34(43(36)30-16-3-2-4-17-30)23-38-32-19-10-14-27-12-5-7-18-31(27)32/h2-22,25,38H,23-24H2,1H3,(H,41,44)/b39-22-/t25-/m0/s1. The number of rotatable bonds is 12. The van der Waals surface area contributed by atoms with Gasteiger partial charge in [-0.15, -0.1) is 10.2 Å². The van der Waals surface area contributed by atoms with Gasteiger partial charge in [-0.1, -0.05) is 107 Å². The first kappa shape index (κ1) is 31.1.